The summed E-state index contributed by atoms with van der Waals surface area (Å²) in [5.74, 6) is -0.496. The van der Waals surface area contributed by atoms with Crippen LogP contribution in [0.5, 0.6) is 0 Å². The molecule has 1 heterocycles. The molecule has 1 aromatic rings. The molecule has 1 aliphatic carbocycles. The summed E-state index contributed by atoms with van der Waals surface area (Å²) in [5.41, 5.74) is 0. The number of nitrogens with one attached hydrogen (secondary N) is 1. The average Bonchev–Trinajstić information content (AvgIpc) is 2.76. The number of rotatable bonds is 5. The maximum atomic E-state index is 12.1. The van der Waals surface area contributed by atoms with Crippen LogP contribution in [0.4, 0.5) is 0 Å². The van der Waals surface area contributed by atoms with Gasteiger partial charge in [0.1, 0.15) is 5.75 Å². The van der Waals surface area contributed by atoms with Crippen LogP contribution in [0, 0.1) is 12.8 Å². The molecule has 7 heteroatoms. The predicted molar refractivity (Wildman–Crippen MR) is 83.9 cm³/mol. The number of hydrogen-bond acceptors (Lipinski definition) is 5. The first-order valence-corrected chi connectivity index (χ1v) is 9.90. The molecule has 1 N–H and O–H groups in total. The van der Waals surface area contributed by atoms with Gasteiger partial charge < -0.3 is 5.32 Å². The summed E-state index contributed by atoms with van der Waals surface area (Å²) in [7, 11) is -3.43. The third kappa shape index (κ3) is 5.07. The van der Waals surface area contributed by atoms with Gasteiger partial charge in [-0.3, -0.25) is 4.79 Å². The van der Waals surface area contributed by atoms with Crippen molar-refractivity contribution in [3.05, 3.63) is 16.1 Å². The quantitative estimate of drug-likeness (QED) is 0.896. The molecule has 0 aromatic carbocycles. The lowest BCUT2D eigenvalue weighted by Crippen LogP contribution is -2.43. The van der Waals surface area contributed by atoms with Crippen molar-refractivity contribution >= 4 is 27.1 Å². The zero-order chi connectivity index (χ0) is 15.5. The van der Waals surface area contributed by atoms with Crippen molar-refractivity contribution in [3.63, 3.8) is 0 Å². The van der Waals surface area contributed by atoms with Gasteiger partial charge in [0.15, 0.2) is 9.84 Å². The Morgan fingerprint density at radius 2 is 2.14 bits per heavy atom. The lowest BCUT2D eigenvalue weighted by atomic mass is 9.86. The highest BCUT2D eigenvalue weighted by Gasteiger charge is 2.25. The molecule has 21 heavy (non-hydrogen) atoms. The van der Waals surface area contributed by atoms with Gasteiger partial charge in [0.05, 0.1) is 10.8 Å². The fraction of sp³-hybridized carbons (Fsp3) is 0.714. The van der Waals surface area contributed by atoms with Gasteiger partial charge in [-0.05, 0) is 25.7 Å². The Labute approximate surface area is 130 Å². The molecule has 1 aliphatic rings. The van der Waals surface area contributed by atoms with Gasteiger partial charge in [-0.15, -0.1) is 11.3 Å². The van der Waals surface area contributed by atoms with E-state index in [-0.39, 0.29) is 17.7 Å². The summed E-state index contributed by atoms with van der Waals surface area (Å²) < 4.78 is 24.1. The number of aryl methyl sites for hydroxylation is 1. The van der Waals surface area contributed by atoms with Crippen molar-refractivity contribution < 1.29 is 13.2 Å². The molecule has 118 valence electrons. The van der Waals surface area contributed by atoms with Gasteiger partial charge in [-0.25, -0.2) is 13.4 Å². The monoisotopic (exact) mass is 330 g/mol. The lowest BCUT2D eigenvalue weighted by molar-refractivity contribution is -0.119. The number of nitrogens with zero attached hydrogens (tertiary/aromatic N) is 1. The van der Waals surface area contributed by atoms with E-state index in [1.54, 1.807) is 6.20 Å². The number of thiazole rings is 1. The molecule has 1 amide bonds. The van der Waals surface area contributed by atoms with E-state index < -0.39 is 15.6 Å². The fourth-order valence-electron chi connectivity index (χ4n) is 2.72. The first-order chi connectivity index (χ1) is 9.85. The van der Waals surface area contributed by atoms with Crippen molar-refractivity contribution in [3.8, 4) is 0 Å². The Hall–Kier alpha value is -0.950. The Balaban J connectivity index is 1.88. The van der Waals surface area contributed by atoms with Crippen LogP contribution < -0.4 is 5.32 Å². The van der Waals surface area contributed by atoms with Gasteiger partial charge in [0.25, 0.3) is 0 Å². The normalized spacial score (nSPS) is 23.0. The van der Waals surface area contributed by atoms with Crippen LogP contribution in [0.15, 0.2) is 6.20 Å². The second-order valence-corrected chi connectivity index (χ2v) is 9.20. The first kappa shape index (κ1) is 16.4. The minimum absolute atomic E-state index is 0.105. The molecule has 0 aliphatic heterocycles. The van der Waals surface area contributed by atoms with Crippen LogP contribution in [0.1, 0.15) is 42.5 Å². The second kappa shape index (κ2) is 6.87. The van der Waals surface area contributed by atoms with Gasteiger partial charge in [0, 0.05) is 17.1 Å². The topological polar surface area (TPSA) is 76.1 Å². The van der Waals surface area contributed by atoms with Crippen LogP contribution in [-0.4, -0.2) is 31.1 Å². The summed E-state index contributed by atoms with van der Waals surface area (Å²) in [6, 6.07) is 0.118. The first-order valence-electron chi connectivity index (χ1n) is 7.27. The third-order valence-corrected chi connectivity index (χ3v) is 6.39. The molecule has 1 aromatic heterocycles. The Kier molecular flexibility index (Phi) is 5.37. The average molecular weight is 330 g/mol. The van der Waals surface area contributed by atoms with Crippen LogP contribution in [0.3, 0.4) is 0 Å². The van der Waals surface area contributed by atoms with Crippen LogP contribution >= 0.6 is 11.3 Å². The molecule has 0 saturated heterocycles. The van der Waals surface area contributed by atoms with E-state index in [1.807, 2.05) is 6.92 Å². The molecule has 0 bridgehead atoms. The van der Waals surface area contributed by atoms with Gasteiger partial charge in [0.2, 0.25) is 5.91 Å². The van der Waals surface area contributed by atoms with E-state index in [1.165, 1.54) is 17.8 Å². The molecule has 1 saturated carbocycles. The zero-order valence-corrected chi connectivity index (χ0v) is 14.1. The van der Waals surface area contributed by atoms with Gasteiger partial charge in [-0.2, -0.15) is 0 Å². The number of amides is 1. The van der Waals surface area contributed by atoms with E-state index in [0.29, 0.717) is 10.8 Å². The van der Waals surface area contributed by atoms with E-state index in [0.717, 1.165) is 24.3 Å². The molecular weight excluding hydrogens is 308 g/mol. The summed E-state index contributed by atoms with van der Waals surface area (Å²) >= 11 is 1.36. The predicted octanol–water partition coefficient (Wildman–Crippen LogP) is 2.06. The van der Waals surface area contributed by atoms with Crippen molar-refractivity contribution in [2.75, 3.05) is 5.75 Å². The molecule has 2 rings (SSSR count). The highest BCUT2D eigenvalue weighted by Crippen LogP contribution is 2.23. The van der Waals surface area contributed by atoms with Gasteiger partial charge >= 0.3 is 0 Å². The van der Waals surface area contributed by atoms with E-state index in [9.17, 15) is 13.2 Å². The second-order valence-electron chi connectivity index (χ2n) is 5.81. The maximum absolute atomic E-state index is 12.1. The highest BCUT2D eigenvalue weighted by atomic mass is 32.2. The molecular formula is C14H22N2O3S2. The molecule has 0 spiro atoms. The van der Waals surface area contributed by atoms with Crippen LogP contribution in [0.25, 0.3) is 0 Å². The Morgan fingerprint density at radius 1 is 1.43 bits per heavy atom. The SMILES string of the molecule is Cc1ncc(CS(=O)(=O)CC(=O)N[C@H]2CCCC[C@H]2C)s1. The number of carbonyl (C=O) groups excluding carboxylic acids is 1. The smallest absolute Gasteiger partial charge is 0.235 e. The van der Waals surface area contributed by atoms with Crippen molar-refractivity contribution in [1.29, 1.82) is 0 Å². The fourth-order valence-corrected chi connectivity index (χ4v) is 5.18. The largest absolute Gasteiger partial charge is 0.352 e. The van der Waals surface area contributed by atoms with E-state index >= 15 is 0 Å². The highest BCUT2D eigenvalue weighted by molar-refractivity contribution is 7.91. The maximum Gasteiger partial charge on any atom is 0.235 e. The number of carbonyl (C=O) groups is 1. The minimum Gasteiger partial charge on any atom is -0.352 e. The molecule has 5 nitrogen and oxygen atoms in total. The molecule has 0 unspecified atom stereocenters. The zero-order valence-electron chi connectivity index (χ0n) is 12.5. The number of hydrogen-bond donors (Lipinski definition) is 1. The summed E-state index contributed by atoms with van der Waals surface area (Å²) in [6.07, 6.45) is 5.90. The lowest BCUT2D eigenvalue weighted by Gasteiger charge is -2.29. The molecule has 2 atom stereocenters. The van der Waals surface area contributed by atoms with E-state index in [2.05, 4.69) is 17.2 Å². The standard InChI is InChI=1S/C14H22N2O3S2/c1-10-5-3-4-6-13(10)16-14(17)9-21(18,19)8-12-7-15-11(2)20-12/h7,10,13H,3-6,8-9H2,1-2H3,(H,16,17)/t10-,13+/m1/s1. The molecule has 0 radical (unpaired) electrons. The van der Waals surface area contributed by atoms with Crippen molar-refractivity contribution in [2.45, 2.75) is 51.3 Å². The minimum atomic E-state index is -3.43. The van der Waals surface area contributed by atoms with Crippen LogP contribution in [0.2, 0.25) is 0 Å². The number of aromatic nitrogens is 1. The molecule has 1 fully saturated rings. The Morgan fingerprint density at radius 3 is 2.76 bits per heavy atom. The summed E-state index contributed by atoms with van der Waals surface area (Å²) in [4.78, 5) is 16.7. The van der Waals surface area contributed by atoms with Crippen molar-refractivity contribution in [1.82, 2.24) is 10.3 Å². The van der Waals surface area contributed by atoms with Crippen molar-refractivity contribution in [2.24, 2.45) is 5.92 Å². The summed E-state index contributed by atoms with van der Waals surface area (Å²) in [5, 5.41) is 3.72. The summed E-state index contributed by atoms with van der Waals surface area (Å²) in [6.45, 7) is 3.94. The van der Waals surface area contributed by atoms with E-state index in [4.69, 9.17) is 0 Å². The third-order valence-electron chi connectivity index (χ3n) is 3.84. The Bertz CT molecular complexity index is 595. The van der Waals surface area contributed by atoms with Crippen LogP contribution in [-0.2, 0) is 20.4 Å². The van der Waals surface area contributed by atoms with Gasteiger partial charge in [-0.1, -0.05) is 19.8 Å². The number of sulfone groups is 1.